The minimum atomic E-state index is -4.54. The number of amides is 6. The van der Waals surface area contributed by atoms with Crippen molar-refractivity contribution >= 4 is 55.7 Å². The van der Waals surface area contributed by atoms with Crippen molar-refractivity contribution in [3.8, 4) is 0 Å². The smallest absolute Gasteiger partial charge is 1.00 e. The molecule has 3 atom stereocenters. The fraction of sp³-hybridized carbons (Fsp3) is 0.684. The van der Waals surface area contributed by atoms with Crippen LogP contribution in [0.5, 0.6) is 0 Å². The van der Waals surface area contributed by atoms with E-state index in [9.17, 15) is 54.7 Å². The summed E-state index contributed by atoms with van der Waals surface area (Å²) >= 11 is 0. The molecule has 18 nitrogen and oxygen atoms in total. The average Bonchev–Trinajstić information content (AvgIpc) is 3.43. The van der Waals surface area contributed by atoms with Crippen molar-refractivity contribution < 1.29 is 117 Å². The third-order valence-corrected chi connectivity index (χ3v) is 10.9. The van der Waals surface area contributed by atoms with Crippen LogP contribution >= 0.6 is 0 Å². The molecule has 3 unspecified atom stereocenters. The van der Waals surface area contributed by atoms with E-state index in [1.165, 1.54) is 34.1 Å². The van der Waals surface area contributed by atoms with Gasteiger partial charge in [0.05, 0.1) is 31.7 Å². The number of nitrogens with two attached hydrogens (primary N) is 2. The molecule has 2 fully saturated rings. The van der Waals surface area contributed by atoms with Gasteiger partial charge in [0.15, 0.2) is 0 Å². The number of nitrogens with zero attached hydrogens (tertiary/aromatic N) is 2. The summed E-state index contributed by atoms with van der Waals surface area (Å²) in [5, 5.41) is 4.97. The molecule has 2 heterocycles. The molecule has 60 heavy (non-hydrogen) atoms. The molecule has 338 valence electrons. The molecule has 2 aliphatic heterocycles. The van der Waals surface area contributed by atoms with Crippen molar-refractivity contribution in [3.63, 3.8) is 0 Å². The van der Waals surface area contributed by atoms with Gasteiger partial charge in [-0.05, 0) is 91.0 Å². The summed E-state index contributed by atoms with van der Waals surface area (Å²) in [5.74, 6) is -4.27. The molecule has 6 amide bonds. The van der Waals surface area contributed by atoms with Crippen LogP contribution in [0.1, 0.15) is 115 Å². The largest absolute Gasteiger partial charge is 1.00 e. The van der Waals surface area contributed by atoms with Crippen molar-refractivity contribution in [1.82, 2.24) is 20.4 Å². The molecule has 0 spiro atoms. The number of carbonyl (C=O) groups excluding carboxylic acids is 6. The van der Waals surface area contributed by atoms with Crippen LogP contribution in [0, 0.1) is 11.8 Å². The van der Waals surface area contributed by atoms with Crippen LogP contribution < -0.4 is 81.2 Å². The first-order chi connectivity index (χ1) is 26.5. The molecule has 0 aromatic heterocycles. The van der Waals surface area contributed by atoms with Crippen molar-refractivity contribution in [1.29, 1.82) is 0 Å². The van der Waals surface area contributed by atoms with E-state index in [1.54, 1.807) is 18.0 Å². The second-order valence-corrected chi connectivity index (χ2v) is 18.3. The number of rotatable bonds is 17. The van der Waals surface area contributed by atoms with E-state index in [1.807, 2.05) is 11.8 Å². The Hall–Kier alpha value is -2.14. The Morgan fingerprint density at radius 3 is 1.63 bits per heavy atom. The van der Waals surface area contributed by atoms with E-state index in [2.05, 4.69) is 36.1 Å². The van der Waals surface area contributed by atoms with Gasteiger partial charge >= 0.3 is 59.1 Å². The van der Waals surface area contributed by atoms with Gasteiger partial charge in [-0.15, -0.1) is 0 Å². The first kappa shape index (κ1) is 64.5. The molecule has 2 aliphatic rings. The van der Waals surface area contributed by atoms with Crippen LogP contribution in [0.15, 0.2) is 38.1 Å². The maximum absolute atomic E-state index is 13.0. The molecule has 2 rings (SSSR count). The Labute approximate surface area is 405 Å². The predicted octanol–water partition coefficient (Wildman–Crippen LogP) is -3.84. The average molecular weight is 911 g/mol. The van der Waals surface area contributed by atoms with Crippen molar-refractivity contribution in [2.45, 2.75) is 129 Å². The SMILES string of the molecule is C=CC(=O)NC(C)(C)CS(=O)(=O)[O-].C=CC(N)=O.C=CN1CCCCCC1=O.CCC(CC(CC(C)C(N)=O)C(=O)NC(C)(C)CS(=O)(=O)[O-])N1CCCCCC1=O.[H-].[H-].[Na+].[Na+]. The number of nitrogens with one attached hydrogen (secondary N) is 2. The molecular weight excluding hydrogens is 843 g/mol. The summed E-state index contributed by atoms with van der Waals surface area (Å²) in [7, 11) is -8.87. The molecule has 0 saturated carbocycles. The van der Waals surface area contributed by atoms with Crippen LogP contribution in [0.2, 0.25) is 0 Å². The maximum Gasteiger partial charge on any atom is 1.00 e. The second-order valence-electron chi connectivity index (χ2n) is 15.5. The molecule has 0 bridgehead atoms. The second kappa shape index (κ2) is 31.7. The van der Waals surface area contributed by atoms with Crippen molar-refractivity contribution in [3.05, 3.63) is 38.1 Å². The van der Waals surface area contributed by atoms with Gasteiger partial charge in [-0.2, -0.15) is 0 Å². The number of primary amides is 2. The van der Waals surface area contributed by atoms with E-state index in [-0.39, 0.29) is 86.2 Å². The Kier molecular flexibility index (Phi) is 34.0. The third-order valence-electron chi connectivity index (χ3n) is 8.79. The zero-order valence-electron chi connectivity index (χ0n) is 39.0. The first-order valence-electron chi connectivity index (χ1n) is 19.1. The summed E-state index contributed by atoms with van der Waals surface area (Å²) in [6, 6.07) is -0.169. The fourth-order valence-corrected chi connectivity index (χ4v) is 7.97. The van der Waals surface area contributed by atoms with Crippen LogP contribution in [0.3, 0.4) is 0 Å². The number of hydrogen-bond donors (Lipinski definition) is 4. The third kappa shape index (κ3) is 32.6. The number of likely N-dealkylation sites (tertiary alicyclic amines) is 2. The van der Waals surface area contributed by atoms with Gasteiger partial charge < -0.3 is 43.9 Å². The number of carbonyl (C=O) groups is 6. The monoisotopic (exact) mass is 910 g/mol. The minimum Gasteiger partial charge on any atom is -1.00 e. The van der Waals surface area contributed by atoms with E-state index < -0.39 is 78.3 Å². The molecule has 6 N–H and O–H groups in total. The summed E-state index contributed by atoms with van der Waals surface area (Å²) in [6.45, 7) is 20.8. The molecule has 0 radical (unpaired) electrons. The van der Waals surface area contributed by atoms with Crippen LogP contribution in [-0.2, 0) is 49.0 Å². The zero-order chi connectivity index (χ0) is 45.5. The van der Waals surface area contributed by atoms with Gasteiger partial charge in [0.1, 0.15) is 0 Å². The summed E-state index contributed by atoms with van der Waals surface area (Å²) in [5.41, 5.74) is 7.60. The fourth-order valence-electron chi connectivity index (χ4n) is 6.06. The Morgan fingerprint density at radius 1 is 0.783 bits per heavy atom. The Morgan fingerprint density at radius 2 is 1.23 bits per heavy atom. The van der Waals surface area contributed by atoms with Crippen LogP contribution in [0.4, 0.5) is 0 Å². The molecule has 0 aliphatic carbocycles. The molecule has 22 heteroatoms. The van der Waals surface area contributed by atoms with Gasteiger partial charge in [-0.25, -0.2) is 16.8 Å². The predicted molar refractivity (Wildman–Crippen MR) is 221 cm³/mol. The molecular formula is C38H68N6Na2O12S2-2. The van der Waals surface area contributed by atoms with Crippen LogP contribution in [-0.4, -0.2) is 113 Å². The maximum atomic E-state index is 13.0. The molecule has 0 aromatic carbocycles. The van der Waals surface area contributed by atoms with Gasteiger partial charge in [-0.3, -0.25) is 28.8 Å². The Balaban J connectivity index is -0.000000202. The zero-order valence-corrected chi connectivity index (χ0v) is 42.6. The van der Waals surface area contributed by atoms with Gasteiger partial charge in [0.25, 0.3) is 0 Å². The molecule has 0 aromatic rings. The van der Waals surface area contributed by atoms with E-state index >= 15 is 0 Å². The van der Waals surface area contributed by atoms with Gasteiger partial charge in [0.2, 0.25) is 35.4 Å². The van der Waals surface area contributed by atoms with Crippen LogP contribution in [0.25, 0.3) is 0 Å². The minimum absolute atomic E-state index is 0. The Bertz CT molecular complexity index is 1660. The molecule has 2 saturated heterocycles. The number of hydrogen-bond acceptors (Lipinski definition) is 12. The summed E-state index contributed by atoms with van der Waals surface area (Å²) in [4.78, 5) is 72.0. The van der Waals surface area contributed by atoms with Crippen molar-refractivity contribution in [2.75, 3.05) is 24.6 Å². The van der Waals surface area contributed by atoms with E-state index in [4.69, 9.17) is 5.73 Å². The quantitative estimate of drug-likeness (QED) is 0.0620. The summed E-state index contributed by atoms with van der Waals surface area (Å²) < 4.78 is 64.6. The normalized spacial score (nSPS) is 16.1. The van der Waals surface area contributed by atoms with Gasteiger partial charge in [-0.1, -0.05) is 46.4 Å². The first-order valence-corrected chi connectivity index (χ1v) is 22.2. The van der Waals surface area contributed by atoms with E-state index in [0.717, 1.165) is 50.8 Å². The van der Waals surface area contributed by atoms with Crippen molar-refractivity contribution in [2.24, 2.45) is 23.3 Å². The van der Waals surface area contributed by atoms with Gasteiger partial charge in [0, 0.05) is 54.9 Å². The van der Waals surface area contributed by atoms with E-state index in [0.29, 0.717) is 32.2 Å². The topological polar surface area (TPSA) is 299 Å². The summed E-state index contributed by atoms with van der Waals surface area (Å²) in [6.07, 6.45) is 12.1. The standard InChI is InChI=1S/C20H37N3O6S.C8H13NO.C7H13NO4S.C3H5NO.2Na.2H/c1-5-16(23-10-8-6-7-9-17(23)24)12-15(11-14(2)18(21)25)19(26)22-20(3,4)13-30(27,28)29;1-2-9-7-5-3-4-6-8(9)10;1-4-6(9)8-7(2,3)5-13(10,11)12;1-2-3(4)5;;;;/h14-16H,5-13H2,1-4H3,(H2,21,25)(H,22,26)(H,27,28,29);2H,1,3-7H2;4H,1,5H2,2-3H3,(H,8,9)(H,10,11,12);2H,1H2,(H2,4,5);;;;/q;;;;2*+1;2*-1/p-2.